The fraction of sp³-hybridized carbons (Fsp3) is 0.375. The summed E-state index contributed by atoms with van der Waals surface area (Å²) in [4.78, 5) is 34.7. The van der Waals surface area contributed by atoms with E-state index in [2.05, 4.69) is 5.32 Å². The van der Waals surface area contributed by atoms with Gasteiger partial charge in [0.25, 0.3) is 0 Å². The van der Waals surface area contributed by atoms with Crippen molar-refractivity contribution in [1.82, 2.24) is 5.32 Å². The minimum absolute atomic E-state index is 0.414. The molecule has 7 heteroatoms. The van der Waals surface area contributed by atoms with E-state index >= 15 is 0 Å². The number of amides is 1. The molecule has 0 spiro atoms. The van der Waals surface area contributed by atoms with Crippen LogP contribution < -0.4 is 10.1 Å². The van der Waals surface area contributed by atoms with Crippen molar-refractivity contribution in [1.29, 1.82) is 0 Å². The zero-order valence-electron chi connectivity index (χ0n) is 18.7. The molecule has 0 unspecified atom stereocenters. The molecule has 168 valence electrons. The first-order valence-electron chi connectivity index (χ1n) is 9.96. The van der Waals surface area contributed by atoms with Crippen molar-refractivity contribution in [2.45, 2.75) is 53.5 Å². The third-order valence-corrected chi connectivity index (χ3v) is 4.20. The van der Waals surface area contributed by atoms with Crippen LogP contribution in [0.1, 0.15) is 51.3 Å². The molecule has 1 atom stereocenters. The molecule has 7 nitrogen and oxygen atoms in total. The maximum atomic E-state index is 12.0. The van der Waals surface area contributed by atoms with Crippen LogP contribution in [-0.4, -0.2) is 40.7 Å². The number of carboxylic acid groups (broad SMARTS) is 1. The number of aliphatic hydroxyl groups excluding tert-OH is 1. The van der Waals surface area contributed by atoms with Crippen LogP contribution in [0, 0.1) is 0 Å². The quantitative estimate of drug-likeness (QED) is 0.228. The normalized spacial score (nSPS) is 11.5. The lowest BCUT2D eigenvalue weighted by Gasteiger charge is -2.15. The maximum absolute atomic E-state index is 12.0. The van der Waals surface area contributed by atoms with E-state index in [4.69, 9.17) is 14.9 Å². The number of allylic oxidation sites excluding steroid dienone is 4. The van der Waals surface area contributed by atoms with Gasteiger partial charge in [-0.3, -0.25) is 9.59 Å². The van der Waals surface area contributed by atoms with Gasteiger partial charge in [-0.2, -0.15) is 0 Å². The van der Waals surface area contributed by atoms with E-state index in [9.17, 15) is 14.4 Å². The lowest BCUT2D eigenvalue weighted by molar-refractivity contribution is -0.142. The van der Waals surface area contributed by atoms with Gasteiger partial charge >= 0.3 is 11.9 Å². The lowest BCUT2D eigenvalue weighted by Crippen LogP contribution is -2.42. The molecule has 1 rings (SSSR count). The van der Waals surface area contributed by atoms with E-state index in [1.165, 1.54) is 13.0 Å². The molecular weight excluding hydrogens is 398 g/mol. The number of hydrogen-bond donors (Lipinski definition) is 3. The number of carboxylic acids is 1. The van der Waals surface area contributed by atoms with Gasteiger partial charge in [0.1, 0.15) is 5.75 Å². The Kier molecular flexibility index (Phi) is 10.4. The van der Waals surface area contributed by atoms with Crippen LogP contribution >= 0.6 is 0 Å². The van der Waals surface area contributed by atoms with E-state index in [0.29, 0.717) is 24.2 Å². The Morgan fingerprint density at radius 3 is 1.90 bits per heavy atom. The van der Waals surface area contributed by atoms with Crippen LogP contribution in [0.2, 0.25) is 0 Å². The summed E-state index contributed by atoms with van der Waals surface area (Å²) < 4.78 is 5.52. The second kappa shape index (κ2) is 12.5. The number of carbonyl (C=O) groups is 3. The predicted molar refractivity (Wildman–Crippen MR) is 120 cm³/mol. The monoisotopic (exact) mass is 429 g/mol. The third-order valence-electron chi connectivity index (χ3n) is 4.20. The largest absolute Gasteiger partial charge is 0.480 e. The molecule has 31 heavy (non-hydrogen) atoms. The van der Waals surface area contributed by atoms with E-state index < -0.39 is 30.5 Å². The first-order chi connectivity index (χ1) is 14.5. The summed E-state index contributed by atoms with van der Waals surface area (Å²) in [6, 6.07) is 2.28. The Bertz CT molecular complexity index is 862. The fourth-order valence-corrected chi connectivity index (χ4v) is 2.66. The first-order valence-corrected chi connectivity index (χ1v) is 9.96. The molecule has 0 aliphatic carbocycles. The third kappa shape index (κ3) is 9.44. The van der Waals surface area contributed by atoms with Crippen molar-refractivity contribution < 1.29 is 29.3 Å². The number of nitrogens with one attached hydrogen (secondary N) is 1. The van der Waals surface area contributed by atoms with Gasteiger partial charge in [0.2, 0.25) is 5.91 Å². The molecule has 1 amide bonds. The minimum Gasteiger partial charge on any atom is -0.480 e. The van der Waals surface area contributed by atoms with Crippen molar-refractivity contribution >= 4 is 23.9 Å². The van der Waals surface area contributed by atoms with Gasteiger partial charge in [-0.05, 0) is 75.4 Å². The molecule has 0 fully saturated rings. The van der Waals surface area contributed by atoms with E-state index in [1.807, 2.05) is 52.0 Å². The van der Waals surface area contributed by atoms with Crippen molar-refractivity contribution in [3.63, 3.8) is 0 Å². The lowest BCUT2D eigenvalue weighted by atomic mass is 9.98. The van der Waals surface area contributed by atoms with E-state index in [0.717, 1.165) is 22.3 Å². The average molecular weight is 430 g/mol. The average Bonchev–Trinajstić information content (AvgIpc) is 2.67. The number of benzene rings is 1. The van der Waals surface area contributed by atoms with Gasteiger partial charge in [0.05, 0.1) is 6.61 Å². The molecule has 0 heterocycles. The van der Waals surface area contributed by atoms with Gasteiger partial charge in [-0.1, -0.05) is 23.3 Å². The number of hydrogen-bond acceptors (Lipinski definition) is 5. The first kappa shape index (κ1) is 25.8. The zero-order chi connectivity index (χ0) is 23.6. The van der Waals surface area contributed by atoms with Gasteiger partial charge < -0.3 is 20.3 Å². The van der Waals surface area contributed by atoms with Crippen molar-refractivity contribution in [2.24, 2.45) is 0 Å². The second-order valence-corrected chi connectivity index (χ2v) is 7.65. The molecule has 0 saturated carbocycles. The van der Waals surface area contributed by atoms with Crippen LogP contribution in [0.15, 0.2) is 41.5 Å². The van der Waals surface area contributed by atoms with Crippen LogP contribution in [0.4, 0.5) is 0 Å². The molecule has 0 bridgehead atoms. The van der Waals surface area contributed by atoms with Gasteiger partial charge in [0, 0.05) is 13.0 Å². The Balaban J connectivity index is 3.37. The molecule has 1 aromatic carbocycles. The van der Waals surface area contributed by atoms with Crippen LogP contribution in [-0.2, 0) is 27.2 Å². The highest BCUT2D eigenvalue weighted by Crippen LogP contribution is 2.29. The standard InChI is InChI=1S/C24H31NO6/c1-15(2)6-9-19-12-18(8-11-22(28)25-21(14-26)24(29)30)13-20(10-7-16(3)4)23(19)31-17(5)27/h6-8,11-13,21,26H,9-10,14H2,1-5H3,(H,25,28)(H,29,30)/b11-8+/t21-/m0/s1. The molecule has 1 aromatic rings. The Hall–Kier alpha value is -3.19. The molecular formula is C24H31NO6. The number of aliphatic carboxylic acids is 1. The van der Waals surface area contributed by atoms with Gasteiger partial charge in [0.15, 0.2) is 6.04 Å². The van der Waals surface area contributed by atoms with Crippen LogP contribution in [0.5, 0.6) is 5.75 Å². The Morgan fingerprint density at radius 1 is 1.00 bits per heavy atom. The summed E-state index contributed by atoms with van der Waals surface area (Å²) in [5, 5.41) is 20.2. The van der Waals surface area contributed by atoms with Crippen LogP contribution in [0.3, 0.4) is 0 Å². The fourth-order valence-electron chi connectivity index (χ4n) is 2.66. The number of ether oxygens (including phenoxy) is 1. The number of aliphatic hydroxyl groups is 1. The minimum atomic E-state index is -1.37. The highest BCUT2D eigenvalue weighted by Gasteiger charge is 2.17. The van der Waals surface area contributed by atoms with E-state index in [1.54, 1.807) is 6.08 Å². The Morgan fingerprint density at radius 2 is 1.52 bits per heavy atom. The second-order valence-electron chi connectivity index (χ2n) is 7.65. The highest BCUT2D eigenvalue weighted by atomic mass is 16.5. The summed E-state index contributed by atoms with van der Waals surface area (Å²) in [6.07, 6.45) is 7.90. The van der Waals surface area contributed by atoms with Gasteiger partial charge in [-0.25, -0.2) is 4.79 Å². The molecule has 0 aliphatic heterocycles. The maximum Gasteiger partial charge on any atom is 0.328 e. The number of esters is 1. The predicted octanol–water partition coefficient (Wildman–Crippen LogP) is 3.20. The summed E-state index contributed by atoms with van der Waals surface area (Å²) in [5.41, 5.74) is 4.54. The zero-order valence-corrected chi connectivity index (χ0v) is 18.7. The summed E-state index contributed by atoms with van der Waals surface area (Å²) in [6.45, 7) is 8.56. The molecule has 0 aliphatic rings. The smallest absolute Gasteiger partial charge is 0.328 e. The Labute approximate surface area is 183 Å². The number of carbonyl (C=O) groups excluding carboxylic acids is 2. The van der Waals surface area contributed by atoms with Crippen molar-refractivity contribution in [2.75, 3.05) is 6.61 Å². The van der Waals surface area contributed by atoms with Crippen molar-refractivity contribution in [3.8, 4) is 5.75 Å². The highest BCUT2D eigenvalue weighted by molar-refractivity contribution is 5.94. The SMILES string of the molecule is CC(=O)Oc1c(CC=C(C)C)cc(/C=C/C(=O)N[C@@H](CO)C(=O)O)cc1CC=C(C)C. The van der Waals surface area contributed by atoms with Crippen molar-refractivity contribution in [3.05, 3.63) is 58.2 Å². The molecule has 3 N–H and O–H groups in total. The summed E-state index contributed by atoms with van der Waals surface area (Å²) in [7, 11) is 0. The van der Waals surface area contributed by atoms with Crippen LogP contribution in [0.25, 0.3) is 6.08 Å². The van der Waals surface area contributed by atoms with E-state index in [-0.39, 0.29) is 0 Å². The van der Waals surface area contributed by atoms with Gasteiger partial charge in [-0.15, -0.1) is 0 Å². The number of rotatable bonds is 10. The summed E-state index contributed by atoms with van der Waals surface area (Å²) >= 11 is 0. The molecule has 0 saturated heterocycles. The molecule has 0 aromatic heterocycles. The molecule has 0 radical (unpaired) electrons. The topological polar surface area (TPSA) is 113 Å². The summed E-state index contributed by atoms with van der Waals surface area (Å²) in [5.74, 6) is -1.86.